The van der Waals surface area contributed by atoms with Gasteiger partial charge < -0.3 is 21.0 Å². The maximum atomic E-state index is 6.25. The Bertz CT molecular complexity index is 1960. The largest absolute Gasteiger partial charge is 2.00 e. The molecule has 0 fully saturated rings. The number of pyridine rings is 2. The summed E-state index contributed by atoms with van der Waals surface area (Å²) in [7, 11) is 0. The first-order chi connectivity index (χ1) is 20.1. The zero-order valence-corrected chi connectivity index (χ0v) is 27.5. The number of hydrogen-bond donors (Lipinski definition) is 0. The first kappa shape index (κ1) is 30.2. The summed E-state index contributed by atoms with van der Waals surface area (Å²) in [6.07, 6.45) is 3.72. The van der Waals surface area contributed by atoms with E-state index in [1.54, 1.807) is 0 Å². The van der Waals surface area contributed by atoms with Gasteiger partial charge in [0.15, 0.2) is 0 Å². The Balaban J connectivity index is 0.00000120. The van der Waals surface area contributed by atoms with E-state index in [2.05, 4.69) is 111 Å². The summed E-state index contributed by atoms with van der Waals surface area (Å²) >= 11 is 0. The molecule has 0 aliphatic heterocycles. The Labute approximate surface area is 267 Å². The van der Waals surface area contributed by atoms with Gasteiger partial charge in [0.05, 0.1) is 0 Å². The van der Waals surface area contributed by atoms with E-state index < -0.39 is 0 Å². The van der Waals surface area contributed by atoms with E-state index in [0.717, 1.165) is 33.7 Å². The average molecular weight is 743 g/mol. The van der Waals surface area contributed by atoms with E-state index in [-0.39, 0.29) is 31.9 Å². The Morgan fingerprint density at radius 2 is 1.00 bits per heavy atom. The molecule has 0 saturated carbocycles. The summed E-state index contributed by atoms with van der Waals surface area (Å²) in [6.45, 7) is 18.3. The van der Waals surface area contributed by atoms with Gasteiger partial charge in [-0.05, 0) is 69.1 Å². The van der Waals surface area contributed by atoms with Crippen molar-refractivity contribution in [3.05, 3.63) is 115 Å². The predicted molar refractivity (Wildman–Crippen MR) is 172 cm³/mol. The summed E-state index contributed by atoms with van der Waals surface area (Å²) in [5, 5.41) is 11.0. The fourth-order valence-corrected chi connectivity index (χ4v) is 5.80. The van der Waals surface area contributed by atoms with Crippen LogP contribution in [0.5, 0.6) is 0 Å². The van der Waals surface area contributed by atoms with Crippen molar-refractivity contribution in [1.82, 2.24) is 19.1 Å². The van der Waals surface area contributed by atoms with Crippen LogP contribution in [0.1, 0.15) is 52.7 Å². The Hall–Kier alpha value is -4.26. The van der Waals surface area contributed by atoms with Crippen molar-refractivity contribution in [3.63, 3.8) is 0 Å². The summed E-state index contributed by atoms with van der Waals surface area (Å²) < 4.78 is 4.53. The molecule has 0 atom stereocenters. The van der Waals surface area contributed by atoms with Crippen LogP contribution in [0.2, 0.25) is 0 Å². The van der Waals surface area contributed by atoms with E-state index in [1.165, 1.54) is 32.7 Å². The van der Waals surface area contributed by atoms with Crippen LogP contribution >= 0.6 is 0 Å². The molecular weight excluding hydrogens is 710 g/mol. The number of fused-ring (bicyclic) bond motifs is 6. The fraction of sp³-hybridized carbons (Fsp3) is 0.216. The third-order valence-electron chi connectivity index (χ3n) is 8.03. The second-order valence-electron chi connectivity index (χ2n) is 12.8. The molecule has 7 rings (SSSR count). The van der Waals surface area contributed by atoms with E-state index in [4.69, 9.17) is 21.8 Å². The molecular formula is C37H33N5Pt. The van der Waals surface area contributed by atoms with E-state index in [1.807, 2.05) is 36.7 Å². The number of hydrogen-bond acceptors (Lipinski definition) is 3. The molecule has 0 unspecified atom stereocenters. The maximum Gasteiger partial charge on any atom is 2.00 e. The number of rotatable bonds is 2. The van der Waals surface area contributed by atoms with Gasteiger partial charge >= 0.3 is 21.1 Å². The van der Waals surface area contributed by atoms with Crippen LogP contribution in [-0.2, 0) is 31.9 Å². The number of aromatic nitrogens is 4. The van der Waals surface area contributed by atoms with Crippen molar-refractivity contribution in [2.75, 3.05) is 0 Å². The van der Waals surface area contributed by atoms with Crippen molar-refractivity contribution in [2.24, 2.45) is 0 Å². The molecule has 0 aliphatic rings. The van der Waals surface area contributed by atoms with Crippen LogP contribution < -0.4 is 0 Å². The van der Waals surface area contributed by atoms with Crippen LogP contribution in [0, 0.1) is 17.9 Å². The van der Waals surface area contributed by atoms with Crippen LogP contribution in [0.15, 0.2) is 91.3 Å². The smallest absolute Gasteiger partial charge is 0.512 e. The van der Waals surface area contributed by atoms with Gasteiger partial charge in [0.25, 0.3) is 0 Å². The van der Waals surface area contributed by atoms with Gasteiger partial charge in [-0.15, -0.1) is 16.8 Å². The van der Waals surface area contributed by atoms with Crippen LogP contribution in [-0.4, -0.2) is 19.1 Å². The molecule has 0 spiro atoms. The number of benzene rings is 3. The average Bonchev–Trinajstić information content (AvgIpc) is 3.48. The molecule has 7 aromatic rings. The number of nitrogens with zero attached hydrogens (tertiary/aromatic N) is 5. The first-order valence-electron chi connectivity index (χ1n) is 14.2. The molecule has 0 N–H and O–H groups in total. The summed E-state index contributed by atoms with van der Waals surface area (Å²) in [5.74, 6) is 1.78. The summed E-state index contributed by atoms with van der Waals surface area (Å²) in [6, 6.07) is 32.1. The molecule has 6 heteroatoms. The molecule has 0 amide bonds. The van der Waals surface area contributed by atoms with Gasteiger partial charge in [0, 0.05) is 23.4 Å². The second-order valence-corrected chi connectivity index (χ2v) is 12.8. The molecule has 4 heterocycles. The molecule has 4 aromatic heterocycles. The fourth-order valence-electron chi connectivity index (χ4n) is 5.80. The zero-order chi connectivity index (χ0) is 29.8. The normalized spacial score (nSPS) is 11.9. The molecule has 5 nitrogen and oxygen atoms in total. The zero-order valence-electron chi connectivity index (χ0n) is 25.2. The van der Waals surface area contributed by atoms with Crippen LogP contribution in [0.4, 0.5) is 0 Å². The van der Waals surface area contributed by atoms with Crippen molar-refractivity contribution < 1.29 is 21.1 Å². The van der Waals surface area contributed by atoms with Crippen molar-refractivity contribution >= 4 is 43.6 Å². The first-order valence-corrected chi connectivity index (χ1v) is 14.2. The van der Waals surface area contributed by atoms with Gasteiger partial charge in [0.1, 0.15) is 11.6 Å². The predicted octanol–water partition coefficient (Wildman–Crippen LogP) is 9.16. The van der Waals surface area contributed by atoms with Crippen molar-refractivity contribution in [3.8, 4) is 11.6 Å². The Morgan fingerprint density at radius 3 is 1.35 bits per heavy atom. The van der Waals surface area contributed by atoms with Crippen molar-refractivity contribution in [1.29, 1.82) is 5.26 Å². The monoisotopic (exact) mass is 742 g/mol. The topological polar surface area (TPSA) is 59.4 Å². The minimum atomic E-state index is 0. The van der Waals surface area contributed by atoms with E-state index in [9.17, 15) is 0 Å². The minimum absolute atomic E-state index is 0. The molecule has 3 aromatic carbocycles. The molecule has 0 saturated heterocycles. The Kier molecular flexibility index (Phi) is 7.80. The van der Waals surface area contributed by atoms with Gasteiger partial charge in [-0.25, -0.2) is 9.97 Å². The molecule has 0 radical (unpaired) electrons. The van der Waals surface area contributed by atoms with Crippen LogP contribution in [0.3, 0.4) is 0 Å². The van der Waals surface area contributed by atoms with Gasteiger partial charge in [-0.1, -0.05) is 89.0 Å². The standard InChI is InChI=1S/C36H33N4.CN.Pt/c1-35(2,3)23-13-15-25-27-21-28-26-16-14-24(36(4,5)6)20-30(26)40(34-12-8-10-18-38-34)32(28)22-31(27)39(29(25)19-23)33-11-7-9-17-37-33;1-2;/h7-21H,1-6H3;;/q2*-1;+2. The quantitative estimate of drug-likeness (QED) is 0.166. The summed E-state index contributed by atoms with van der Waals surface area (Å²) in [5.41, 5.74) is 6.98. The third kappa shape index (κ3) is 5.05. The maximum absolute atomic E-state index is 6.25. The second kappa shape index (κ2) is 11.1. The summed E-state index contributed by atoms with van der Waals surface area (Å²) in [4.78, 5) is 9.56. The molecule has 0 bridgehead atoms. The van der Waals surface area contributed by atoms with E-state index in [0.29, 0.717) is 0 Å². The third-order valence-corrected chi connectivity index (χ3v) is 8.03. The van der Waals surface area contributed by atoms with E-state index >= 15 is 0 Å². The van der Waals surface area contributed by atoms with Gasteiger partial charge in [-0.3, -0.25) is 0 Å². The molecule has 0 aliphatic carbocycles. The van der Waals surface area contributed by atoms with Gasteiger partial charge in [-0.2, -0.15) is 6.07 Å². The minimum Gasteiger partial charge on any atom is -0.512 e. The Morgan fingerprint density at radius 1 is 0.581 bits per heavy atom. The molecule has 216 valence electrons. The molecule has 43 heavy (non-hydrogen) atoms. The van der Waals surface area contributed by atoms with Gasteiger partial charge in [0.2, 0.25) is 0 Å². The SMILES string of the molecule is CC(C)(C)c1ccc2c3cc4c5ccc(C(C)(C)C)cc5n(-c5ccccn5)c4[c-]c3n(-c3ccccn3)c2c1.[C-]#N.[Pt+2]. The van der Waals surface area contributed by atoms with Crippen LogP contribution in [0.25, 0.3) is 55.2 Å². The van der Waals surface area contributed by atoms with Crippen molar-refractivity contribution in [2.45, 2.75) is 52.4 Å².